The van der Waals surface area contributed by atoms with Gasteiger partial charge in [-0.05, 0) is 37.1 Å². The second-order valence-electron chi connectivity index (χ2n) is 6.36. The number of amides is 1. The van der Waals surface area contributed by atoms with E-state index in [2.05, 4.69) is 10.3 Å². The first-order chi connectivity index (χ1) is 13.9. The van der Waals surface area contributed by atoms with Crippen LogP contribution in [0.3, 0.4) is 0 Å². The van der Waals surface area contributed by atoms with E-state index in [1.54, 1.807) is 6.07 Å². The van der Waals surface area contributed by atoms with E-state index in [0.717, 1.165) is 11.3 Å². The van der Waals surface area contributed by atoms with Gasteiger partial charge < -0.3 is 10.1 Å². The molecule has 1 N–H and O–H groups in total. The summed E-state index contributed by atoms with van der Waals surface area (Å²) in [6.07, 6.45) is 0.664. The van der Waals surface area contributed by atoms with E-state index in [1.807, 2.05) is 32.0 Å². The lowest BCUT2D eigenvalue weighted by molar-refractivity contribution is -0.384. The summed E-state index contributed by atoms with van der Waals surface area (Å²) in [7, 11) is 0. The lowest BCUT2D eigenvalue weighted by Crippen LogP contribution is -2.21. The average molecular weight is 393 g/mol. The van der Waals surface area contributed by atoms with Gasteiger partial charge in [0.05, 0.1) is 16.0 Å². The van der Waals surface area contributed by atoms with E-state index in [1.165, 1.54) is 24.3 Å². The maximum absolute atomic E-state index is 12.7. The number of nitrogens with zero attached hydrogens (tertiary/aromatic N) is 2. The number of hydrogen-bond donors (Lipinski definition) is 1. The Labute approximate surface area is 166 Å². The van der Waals surface area contributed by atoms with Crippen molar-refractivity contribution in [1.82, 2.24) is 4.98 Å². The van der Waals surface area contributed by atoms with Crippen molar-refractivity contribution >= 4 is 34.2 Å². The summed E-state index contributed by atoms with van der Waals surface area (Å²) in [4.78, 5) is 39.5. The Hall–Kier alpha value is -3.81. The second kappa shape index (κ2) is 8.47. The number of aromatic nitrogens is 1. The molecule has 1 amide bonds. The summed E-state index contributed by atoms with van der Waals surface area (Å²) in [6.45, 7) is 3.29. The fraction of sp³-hybridized carbons (Fsp3) is 0.190. The summed E-state index contributed by atoms with van der Waals surface area (Å²) in [5, 5.41) is 13.9. The summed E-state index contributed by atoms with van der Waals surface area (Å²) < 4.78 is 5.23. The highest BCUT2D eigenvalue weighted by Crippen LogP contribution is 2.24. The number of carbonyl (C=O) groups is 2. The van der Waals surface area contributed by atoms with Crippen molar-refractivity contribution in [1.29, 1.82) is 0 Å². The quantitative estimate of drug-likeness (QED) is 0.387. The number of rotatable bonds is 6. The number of para-hydroxylation sites is 1. The van der Waals surface area contributed by atoms with Crippen molar-refractivity contribution in [3.8, 4) is 0 Å². The Morgan fingerprint density at radius 3 is 2.48 bits per heavy atom. The SMILES string of the molecule is CCc1nc2ccccc2c(C(=O)OCC(=O)Nc2ccc([N+](=O)[O-])cc2)c1C. The van der Waals surface area contributed by atoms with Gasteiger partial charge in [-0.3, -0.25) is 19.9 Å². The van der Waals surface area contributed by atoms with Gasteiger partial charge in [0.15, 0.2) is 6.61 Å². The number of ether oxygens (including phenoxy) is 1. The molecule has 0 saturated heterocycles. The van der Waals surface area contributed by atoms with Gasteiger partial charge in [0.1, 0.15) is 0 Å². The van der Waals surface area contributed by atoms with E-state index >= 15 is 0 Å². The highest BCUT2D eigenvalue weighted by molar-refractivity contribution is 6.05. The molecular weight excluding hydrogens is 374 g/mol. The first-order valence-electron chi connectivity index (χ1n) is 9.00. The first-order valence-corrected chi connectivity index (χ1v) is 9.00. The Bertz CT molecular complexity index is 1090. The molecule has 0 atom stereocenters. The third-order valence-corrected chi connectivity index (χ3v) is 4.47. The molecule has 3 rings (SSSR count). The van der Waals surface area contributed by atoms with Gasteiger partial charge >= 0.3 is 5.97 Å². The van der Waals surface area contributed by atoms with Crippen LogP contribution in [0.25, 0.3) is 10.9 Å². The van der Waals surface area contributed by atoms with Crippen molar-refractivity contribution in [2.75, 3.05) is 11.9 Å². The Balaban J connectivity index is 1.73. The molecule has 0 aliphatic heterocycles. The number of non-ortho nitro benzene ring substituents is 1. The van der Waals surface area contributed by atoms with Gasteiger partial charge in [-0.25, -0.2) is 4.79 Å². The van der Waals surface area contributed by atoms with Crippen LogP contribution in [-0.2, 0) is 16.0 Å². The molecule has 0 fully saturated rings. The van der Waals surface area contributed by atoms with Crippen LogP contribution in [0.2, 0.25) is 0 Å². The maximum Gasteiger partial charge on any atom is 0.339 e. The van der Waals surface area contributed by atoms with E-state index in [9.17, 15) is 19.7 Å². The zero-order chi connectivity index (χ0) is 21.0. The van der Waals surface area contributed by atoms with Crippen molar-refractivity contribution in [2.45, 2.75) is 20.3 Å². The summed E-state index contributed by atoms with van der Waals surface area (Å²) in [6, 6.07) is 12.6. The van der Waals surface area contributed by atoms with Crippen molar-refractivity contribution < 1.29 is 19.2 Å². The number of aryl methyl sites for hydroxylation is 1. The van der Waals surface area contributed by atoms with Crippen LogP contribution in [0.15, 0.2) is 48.5 Å². The minimum atomic E-state index is -0.602. The molecule has 0 radical (unpaired) electrons. The average Bonchev–Trinajstić information content (AvgIpc) is 2.72. The van der Waals surface area contributed by atoms with E-state index < -0.39 is 23.4 Å². The van der Waals surface area contributed by atoms with Gasteiger partial charge in [0, 0.05) is 28.9 Å². The molecule has 1 heterocycles. The van der Waals surface area contributed by atoms with Crippen LogP contribution in [0.1, 0.15) is 28.5 Å². The van der Waals surface area contributed by atoms with E-state index in [-0.39, 0.29) is 5.69 Å². The van der Waals surface area contributed by atoms with Crippen LogP contribution in [-0.4, -0.2) is 28.4 Å². The molecule has 148 valence electrons. The smallest absolute Gasteiger partial charge is 0.339 e. The lowest BCUT2D eigenvalue weighted by Gasteiger charge is -2.13. The van der Waals surface area contributed by atoms with Crippen LogP contribution in [0.5, 0.6) is 0 Å². The molecule has 8 heteroatoms. The largest absolute Gasteiger partial charge is 0.452 e. The minimum absolute atomic E-state index is 0.0822. The molecule has 29 heavy (non-hydrogen) atoms. The normalized spacial score (nSPS) is 10.6. The van der Waals surface area contributed by atoms with Gasteiger partial charge in [-0.2, -0.15) is 0 Å². The maximum atomic E-state index is 12.7. The fourth-order valence-electron chi connectivity index (χ4n) is 3.03. The number of pyridine rings is 1. The van der Waals surface area contributed by atoms with Crippen LogP contribution >= 0.6 is 0 Å². The molecule has 0 spiro atoms. The molecular formula is C21H19N3O5. The molecule has 0 unspecified atom stereocenters. The third kappa shape index (κ3) is 4.37. The molecule has 0 aliphatic rings. The predicted molar refractivity (Wildman–Crippen MR) is 108 cm³/mol. The van der Waals surface area contributed by atoms with Crippen molar-refractivity contribution in [3.63, 3.8) is 0 Å². The second-order valence-corrected chi connectivity index (χ2v) is 6.36. The molecule has 0 bridgehead atoms. The van der Waals surface area contributed by atoms with Crippen LogP contribution < -0.4 is 5.32 Å². The molecule has 0 aliphatic carbocycles. The monoisotopic (exact) mass is 393 g/mol. The molecule has 3 aromatic rings. The highest BCUT2D eigenvalue weighted by atomic mass is 16.6. The molecule has 2 aromatic carbocycles. The number of benzene rings is 2. The molecule has 0 saturated carbocycles. The van der Waals surface area contributed by atoms with E-state index in [0.29, 0.717) is 28.6 Å². The number of hydrogen-bond acceptors (Lipinski definition) is 6. The number of fused-ring (bicyclic) bond motifs is 1. The Morgan fingerprint density at radius 1 is 1.14 bits per heavy atom. The standard InChI is InChI=1S/C21H19N3O5/c1-3-17-13(2)20(16-6-4-5-7-18(16)23-17)21(26)29-12-19(25)22-14-8-10-15(11-9-14)24(27)28/h4-11H,3,12H2,1-2H3,(H,22,25). The Morgan fingerprint density at radius 2 is 1.83 bits per heavy atom. The topological polar surface area (TPSA) is 111 Å². The van der Waals surface area contributed by atoms with Crippen molar-refractivity contribution in [2.24, 2.45) is 0 Å². The number of nitro groups is 1. The predicted octanol–water partition coefficient (Wildman–Crippen LogP) is 3.81. The number of carbonyl (C=O) groups excluding carboxylic acids is 2. The zero-order valence-corrected chi connectivity index (χ0v) is 16.0. The first kappa shape index (κ1) is 19.9. The summed E-state index contributed by atoms with van der Waals surface area (Å²) in [5.41, 5.74) is 2.91. The number of nitrogens with one attached hydrogen (secondary N) is 1. The van der Waals surface area contributed by atoms with Crippen LogP contribution in [0.4, 0.5) is 11.4 Å². The van der Waals surface area contributed by atoms with Gasteiger partial charge in [0.2, 0.25) is 0 Å². The van der Waals surface area contributed by atoms with E-state index in [4.69, 9.17) is 4.74 Å². The van der Waals surface area contributed by atoms with Crippen LogP contribution in [0, 0.1) is 17.0 Å². The third-order valence-electron chi connectivity index (χ3n) is 4.47. The lowest BCUT2D eigenvalue weighted by atomic mass is 10.0. The Kier molecular flexibility index (Phi) is 5.82. The summed E-state index contributed by atoms with van der Waals surface area (Å²) >= 11 is 0. The van der Waals surface area contributed by atoms with Gasteiger partial charge in [0.25, 0.3) is 11.6 Å². The molecule has 1 aromatic heterocycles. The highest BCUT2D eigenvalue weighted by Gasteiger charge is 2.19. The van der Waals surface area contributed by atoms with Gasteiger partial charge in [-0.1, -0.05) is 25.1 Å². The van der Waals surface area contributed by atoms with Crippen molar-refractivity contribution in [3.05, 3.63) is 75.5 Å². The number of esters is 1. The zero-order valence-electron chi connectivity index (χ0n) is 16.0. The minimum Gasteiger partial charge on any atom is -0.452 e. The summed E-state index contributed by atoms with van der Waals surface area (Å²) in [5.74, 6) is -1.14. The van der Waals surface area contributed by atoms with Gasteiger partial charge in [-0.15, -0.1) is 0 Å². The number of anilines is 1. The molecule has 8 nitrogen and oxygen atoms in total. The fourth-order valence-corrected chi connectivity index (χ4v) is 3.03. The number of nitro benzene ring substituents is 1.